The predicted octanol–water partition coefficient (Wildman–Crippen LogP) is 2.68. The molecule has 0 aromatic heterocycles. The van der Waals surface area contributed by atoms with Crippen molar-refractivity contribution in [3.63, 3.8) is 0 Å². The lowest BCUT2D eigenvalue weighted by atomic mass is 9.89. The van der Waals surface area contributed by atoms with E-state index in [-0.39, 0.29) is 47.7 Å². The highest BCUT2D eigenvalue weighted by Gasteiger charge is 2.23. The van der Waals surface area contributed by atoms with E-state index >= 15 is 0 Å². The van der Waals surface area contributed by atoms with Gasteiger partial charge in [-0.05, 0) is 30.5 Å². The molecule has 1 aromatic rings. The smallest absolute Gasteiger partial charge is 0.223 e. The number of aliphatic imine (C=N–C) groups is 1. The summed E-state index contributed by atoms with van der Waals surface area (Å²) in [6.45, 7) is 4.89. The lowest BCUT2D eigenvalue weighted by Gasteiger charge is -2.35. The van der Waals surface area contributed by atoms with Gasteiger partial charge in [-0.3, -0.25) is 14.7 Å². The van der Waals surface area contributed by atoms with Crippen LogP contribution < -0.4 is 16.0 Å². The van der Waals surface area contributed by atoms with Gasteiger partial charge in [0.1, 0.15) is 5.82 Å². The van der Waals surface area contributed by atoms with Crippen molar-refractivity contribution in [2.24, 2.45) is 10.9 Å². The third-order valence-electron chi connectivity index (χ3n) is 6.12. The normalized spacial score (nSPS) is 19.0. The van der Waals surface area contributed by atoms with Crippen molar-refractivity contribution in [2.75, 3.05) is 53.0 Å². The second-order valence-corrected chi connectivity index (χ2v) is 8.22. The van der Waals surface area contributed by atoms with Crippen LogP contribution >= 0.6 is 24.0 Å². The van der Waals surface area contributed by atoms with Crippen LogP contribution in [0.4, 0.5) is 4.39 Å². The molecule has 1 amide bonds. The van der Waals surface area contributed by atoms with Crippen LogP contribution in [0.2, 0.25) is 0 Å². The molecule has 1 saturated heterocycles. The predicted molar refractivity (Wildman–Crippen MR) is 136 cm³/mol. The Bertz CT molecular complexity index is 707. The van der Waals surface area contributed by atoms with E-state index in [1.807, 2.05) is 12.1 Å². The number of nitrogens with zero attached hydrogens (tertiary/aromatic N) is 2. The zero-order valence-corrected chi connectivity index (χ0v) is 21.3. The summed E-state index contributed by atoms with van der Waals surface area (Å²) in [6, 6.07) is 6.78. The van der Waals surface area contributed by atoms with Crippen molar-refractivity contribution in [3.8, 4) is 0 Å². The number of nitrogens with one attached hydrogen (secondary N) is 3. The van der Waals surface area contributed by atoms with Gasteiger partial charge in [0.2, 0.25) is 5.91 Å². The summed E-state index contributed by atoms with van der Waals surface area (Å²) in [4.78, 5) is 18.9. The molecule has 0 spiro atoms. The van der Waals surface area contributed by atoms with Gasteiger partial charge >= 0.3 is 0 Å². The molecule has 9 heteroatoms. The topological polar surface area (TPSA) is 78.0 Å². The molecule has 32 heavy (non-hydrogen) atoms. The summed E-state index contributed by atoms with van der Waals surface area (Å²) in [5.41, 5.74) is 1.06. The van der Waals surface area contributed by atoms with Gasteiger partial charge in [0.05, 0.1) is 19.3 Å². The van der Waals surface area contributed by atoms with Gasteiger partial charge in [-0.2, -0.15) is 0 Å². The Morgan fingerprint density at radius 3 is 2.41 bits per heavy atom. The molecular formula is C23H37FIN5O2. The highest BCUT2D eigenvalue weighted by atomic mass is 127. The number of morpholine rings is 1. The van der Waals surface area contributed by atoms with E-state index in [4.69, 9.17) is 4.74 Å². The summed E-state index contributed by atoms with van der Waals surface area (Å²) in [7, 11) is 1.73. The van der Waals surface area contributed by atoms with Crippen molar-refractivity contribution < 1.29 is 13.9 Å². The lowest BCUT2D eigenvalue weighted by molar-refractivity contribution is -0.125. The van der Waals surface area contributed by atoms with Crippen molar-refractivity contribution in [3.05, 3.63) is 35.6 Å². The fourth-order valence-corrected chi connectivity index (χ4v) is 4.32. The fraction of sp³-hybridized carbons (Fsp3) is 0.652. The van der Waals surface area contributed by atoms with Crippen molar-refractivity contribution in [2.45, 2.75) is 38.1 Å². The number of guanidine groups is 1. The quantitative estimate of drug-likeness (QED) is 0.197. The molecular weight excluding hydrogens is 524 g/mol. The highest BCUT2D eigenvalue weighted by molar-refractivity contribution is 14.0. The number of carbonyl (C=O) groups is 1. The van der Waals surface area contributed by atoms with Crippen LogP contribution in [0, 0.1) is 11.7 Å². The summed E-state index contributed by atoms with van der Waals surface area (Å²) >= 11 is 0. The maximum Gasteiger partial charge on any atom is 0.223 e. The summed E-state index contributed by atoms with van der Waals surface area (Å²) in [5.74, 6) is 0.807. The monoisotopic (exact) mass is 561 g/mol. The largest absolute Gasteiger partial charge is 0.379 e. The molecule has 1 saturated carbocycles. The average Bonchev–Trinajstić information content (AvgIpc) is 2.82. The molecule has 1 unspecified atom stereocenters. The number of hydrogen-bond acceptors (Lipinski definition) is 4. The lowest BCUT2D eigenvalue weighted by Crippen LogP contribution is -2.47. The Morgan fingerprint density at radius 2 is 1.75 bits per heavy atom. The number of benzene rings is 1. The number of amides is 1. The first-order chi connectivity index (χ1) is 15.2. The Labute approximate surface area is 208 Å². The summed E-state index contributed by atoms with van der Waals surface area (Å²) in [5, 5.41) is 9.69. The molecule has 3 rings (SSSR count). The maximum atomic E-state index is 13.4. The van der Waals surface area contributed by atoms with Gasteiger partial charge in [-0.25, -0.2) is 4.39 Å². The molecule has 2 fully saturated rings. The number of ether oxygens (including phenoxy) is 1. The first kappa shape index (κ1) is 26.8. The molecule has 3 N–H and O–H groups in total. The zero-order valence-electron chi connectivity index (χ0n) is 18.9. The number of halogens is 2. The van der Waals surface area contributed by atoms with Crippen LogP contribution in [0.15, 0.2) is 29.3 Å². The molecule has 1 aromatic carbocycles. The van der Waals surface area contributed by atoms with E-state index in [1.54, 1.807) is 7.05 Å². The van der Waals surface area contributed by atoms with Crippen LogP contribution in [-0.2, 0) is 9.53 Å². The first-order valence-corrected chi connectivity index (χ1v) is 11.5. The first-order valence-electron chi connectivity index (χ1n) is 11.5. The van der Waals surface area contributed by atoms with E-state index in [0.29, 0.717) is 38.8 Å². The zero-order chi connectivity index (χ0) is 21.9. The Kier molecular flexibility index (Phi) is 12.3. The SMILES string of the molecule is CN=C(NCCNC(=O)C1CCCCC1)NCC(c1ccc(F)cc1)N1CCOCC1.I. The maximum absolute atomic E-state index is 13.4. The summed E-state index contributed by atoms with van der Waals surface area (Å²) < 4.78 is 18.9. The van der Waals surface area contributed by atoms with Crippen LogP contribution in [-0.4, -0.2) is 69.8 Å². The number of hydrogen-bond donors (Lipinski definition) is 3. The fourth-order valence-electron chi connectivity index (χ4n) is 4.32. The summed E-state index contributed by atoms with van der Waals surface area (Å²) in [6.07, 6.45) is 5.58. The molecule has 0 radical (unpaired) electrons. The molecule has 7 nitrogen and oxygen atoms in total. The van der Waals surface area contributed by atoms with Crippen LogP contribution in [0.3, 0.4) is 0 Å². The van der Waals surface area contributed by atoms with E-state index in [1.165, 1.54) is 18.6 Å². The molecule has 1 atom stereocenters. The molecule has 180 valence electrons. The van der Waals surface area contributed by atoms with Gasteiger partial charge in [-0.15, -0.1) is 24.0 Å². The van der Waals surface area contributed by atoms with Crippen LogP contribution in [0.1, 0.15) is 43.7 Å². The van der Waals surface area contributed by atoms with E-state index in [9.17, 15) is 9.18 Å². The molecule has 1 aliphatic carbocycles. The van der Waals surface area contributed by atoms with Gasteiger partial charge < -0.3 is 20.7 Å². The molecule has 1 heterocycles. The van der Waals surface area contributed by atoms with Gasteiger partial charge in [0, 0.05) is 45.7 Å². The Hall–Kier alpha value is -1.46. The second-order valence-electron chi connectivity index (χ2n) is 8.22. The van der Waals surface area contributed by atoms with Crippen LogP contribution in [0.5, 0.6) is 0 Å². The standard InChI is InChI=1S/C23H36FN5O2.HI/c1-25-23(27-12-11-26-22(30)19-5-3-2-4-6-19)28-17-21(29-13-15-31-16-14-29)18-7-9-20(24)10-8-18;/h7-10,19,21H,2-6,11-17H2,1H3,(H,26,30)(H2,25,27,28);1H. The number of rotatable bonds is 8. The van der Waals surface area contributed by atoms with Gasteiger partial charge in [0.15, 0.2) is 5.96 Å². The van der Waals surface area contributed by atoms with Crippen molar-refractivity contribution in [1.29, 1.82) is 0 Å². The van der Waals surface area contributed by atoms with Crippen molar-refractivity contribution >= 4 is 35.8 Å². The van der Waals surface area contributed by atoms with E-state index in [0.717, 1.165) is 44.3 Å². The molecule has 0 bridgehead atoms. The van der Waals surface area contributed by atoms with Crippen molar-refractivity contribution in [1.82, 2.24) is 20.9 Å². The van der Waals surface area contributed by atoms with E-state index in [2.05, 4.69) is 25.8 Å². The average molecular weight is 561 g/mol. The second kappa shape index (κ2) is 14.6. The number of carbonyl (C=O) groups excluding carboxylic acids is 1. The third kappa shape index (κ3) is 8.47. The minimum atomic E-state index is -0.231. The minimum absolute atomic E-state index is 0. The van der Waals surface area contributed by atoms with Gasteiger partial charge in [-0.1, -0.05) is 31.4 Å². The Morgan fingerprint density at radius 1 is 1.09 bits per heavy atom. The Balaban J connectivity index is 0.00000363. The molecule has 1 aliphatic heterocycles. The third-order valence-corrected chi connectivity index (χ3v) is 6.12. The van der Waals surface area contributed by atoms with Gasteiger partial charge in [0.25, 0.3) is 0 Å². The molecule has 2 aliphatic rings. The minimum Gasteiger partial charge on any atom is -0.379 e. The van der Waals surface area contributed by atoms with E-state index < -0.39 is 0 Å². The highest BCUT2D eigenvalue weighted by Crippen LogP contribution is 2.23. The van der Waals surface area contributed by atoms with Crippen LogP contribution in [0.25, 0.3) is 0 Å².